The molecule has 3 heterocycles. The fraction of sp³-hybridized carbons (Fsp3) is 0.227. The van der Waals surface area contributed by atoms with Crippen molar-refractivity contribution in [2.24, 2.45) is 0 Å². The van der Waals surface area contributed by atoms with Gasteiger partial charge in [0.05, 0.1) is 22.9 Å². The molecule has 1 unspecified atom stereocenters. The number of fused-ring (bicyclic) bond motifs is 1. The summed E-state index contributed by atoms with van der Waals surface area (Å²) >= 11 is 12.1. The van der Waals surface area contributed by atoms with Gasteiger partial charge >= 0.3 is 0 Å². The second-order valence-electron chi connectivity index (χ2n) is 7.39. The Hall–Kier alpha value is -2.87. The lowest BCUT2D eigenvalue weighted by Gasteiger charge is -2.12. The summed E-state index contributed by atoms with van der Waals surface area (Å²) in [4.78, 5) is 9.39. The minimum Gasteiger partial charge on any atom is -0.383 e. The van der Waals surface area contributed by atoms with Gasteiger partial charge in [-0.1, -0.05) is 35.3 Å². The fourth-order valence-corrected chi connectivity index (χ4v) is 3.95. The highest BCUT2D eigenvalue weighted by Gasteiger charge is 2.20. The Morgan fingerprint density at radius 2 is 1.74 bits per heavy atom. The summed E-state index contributed by atoms with van der Waals surface area (Å²) in [6.45, 7) is 1.43. The molecule has 0 saturated carbocycles. The van der Waals surface area contributed by atoms with Crippen LogP contribution in [0.4, 0.5) is 11.8 Å². The zero-order chi connectivity index (χ0) is 21.4. The van der Waals surface area contributed by atoms with E-state index in [9.17, 15) is 0 Å². The van der Waals surface area contributed by atoms with E-state index in [1.807, 2.05) is 36.4 Å². The SMILES string of the molecule is Nc1c2c(-c3ccc(Cl)cc3)nc(NCC3CCCO3)nc2nn1-c1ccc(Cl)cc1. The van der Waals surface area contributed by atoms with Gasteiger partial charge in [0.25, 0.3) is 0 Å². The monoisotopic (exact) mass is 454 g/mol. The van der Waals surface area contributed by atoms with E-state index >= 15 is 0 Å². The minimum absolute atomic E-state index is 0.162. The van der Waals surface area contributed by atoms with Crippen molar-refractivity contribution in [1.82, 2.24) is 19.7 Å². The molecule has 5 rings (SSSR count). The Morgan fingerprint density at radius 3 is 2.42 bits per heavy atom. The van der Waals surface area contributed by atoms with Crippen molar-refractivity contribution < 1.29 is 4.74 Å². The third kappa shape index (κ3) is 4.04. The van der Waals surface area contributed by atoms with Gasteiger partial charge in [0.15, 0.2) is 5.65 Å². The van der Waals surface area contributed by atoms with Gasteiger partial charge in [-0.25, -0.2) is 9.67 Å². The maximum Gasteiger partial charge on any atom is 0.225 e. The van der Waals surface area contributed by atoms with Gasteiger partial charge in [-0.15, -0.1) is 5.10 Å². The molecule has 31 heavy (non-hydrogen) atoms. The van der Waals surface area contributed by atoms with E-state index in [1.54, 1.807) is 16.8 Å². The number of anilines is 2. The number of halogens is 2. The molecule has 2 aromatic carbocycles. The lowest BCUT2D eigenvalue weighted by molar-refractivity contribution is 0.120. The average molecular weight is 455 g/mol. The highest BCUT2D eigenvalue weighted by Crippen LogP contribution is 2.33. The van der Waals surface area contributed by atoms with Crippen LogP contribution in [0.2, 0.25) is 10.0 Å². The predicted octanol–water partition coefficient (Wildman–Crippen LogP) is 4.96. The smallest absolute Gasteiger partial charge is 0.225 e. The van der Waals surface area contributed by atoms with Crippen LogP contribution < -0.4 is 11.1 Å². The van der Waals surface area contributed by atoms with Crippen LogP contribution in [-0.2, 0) is 4.74 Å². The van der Waals surface area contributed by atoms with Crippen molar-refractivity contribution in [2.75, 3.05) is 24.2 Å². The van der Waals surface area contributed by atoms with Gasteiger partial charge in [0.1, 0.15) is 5.82 Å². The second kappa shape index (κ2) is 8.34. The predicted molar refractivity (Wildman–Crippen MR) is 124 cm³/mol. The van der Waals surface area contributed by atoms with Crippen molar-refractivity contribution in [1.29, 1.82) is 0 Å². The Labute approximate surface area is 189 Å². The van der Waals surface area contributed by atoms with Crippen LogP contribution >= 0.6 is 23.2 Å². The first-order valence-corrected chi connectivity index (χ1v) is 10.8. The van der Waals surface area contributed by atoms with Crippen LogP contribution in [0, 0.1) is 0 Å². The summed E-state index contributed by atoms with van der Waals surface area (Å²) in [5, 5.41) is 9.92. The molecule has 1 aliphatic heterocycles. The quantitative estimate of drug-likeness (QED) is 0.442. The van der Waals surface area contributed by atoms with E-state index in [-0.39, 0.29) is 6.10 Å². The average Bonchev–Trinajstić information content (AvgIpc) is 3.41. The van der Waals surface area contributed by atoms with E-state index in [1.165, 1.54) is 0 Å². The van der Waals surface area contributed by atoms with Crippen molar-refractivity contribution >= 4 is 46.0 Å². The third-order valence-corrected chi connectivity index (χ3v) is 5.77. The number of rotatable bonds is 5. The molecule has 1 fully saturated rings. The molecule has 158 valence electrons. The maximum atomic E-state index is 6.52. The zero-order valence-corrected chi connectivity index (χ0v) is 18.1. The molecular formula is C22H20Cl2N6O. The fourth-order valence-electron chi connectivity index (χ4n) is 3.70. The van der Waals surface area contributed by atoms with E-state index < -0.39 is 0 Å². The first-order valence-electron chi connectivity index (χ1n) is 10.0. The summed E-state index contributed by atoms with van der Waals surface area (Å²) in [6, 6.07) is 14.8. The molecule has 1 aliphatic rings. The Kier molecular flexibility index (Phi) is 5.40. The number of ether oxygens (including phenoxy) is 1. The Morgan fingerprint density at radius 1 is 1.03 bits per heavy atom. The standard InChI is InChI=1S/C22H20Cl2N6O/c23-14-5-3-13(4-6-14)19-18-20(25)30(16-9-7-15(24)8-10-16)29-21(18)28-22(27-19)26-12-17-2-1-11-31-17/h3-10,17H,1-2,11-12,25H2,(H,26,28,29). The van der Waals surface area contributed by atoms with E-state index in [0.717, 1.165) is 30.7 Å². The number of nitrogens with two attached hydrogens (primary N) is 1. The summed E-state index contributed by atoms with van der Waals surface area (Å²) in [6.07, 6.45) is 2.26. The third-order valence-electron chi connectivity index (χ3n) is 5.27. The largest absolute Gasteiger partial charge is 0.383 e. The first-order chi connectivity index (χ1) is 15.1. The number of aromatic nitrogens is 4. The van der Waals surface area contributed by atoms with Gasteiger partial charge in [-0.3, -0.25) is 0 Å². The Balaban J connectivity index is 1.62. The summed E-state index contributed by atoms with van der Waals surface area (Å²) in [5.41, 5.74) is 9.38. The number of nitrogens with one attached hydrogen (secondary N) is 1. The molecule has 2 aromatic heterocycles. The number of hydrogen-bond donors (Lipinski definition) is 2. The zero-order valence-electron chi connectivity index (χ0n) is 16.6. The van der Waals surface area contributed by atoms with Crippen molar-refractivity contribution in [2.45, 2.75) is 18.9 Å². The lowest BCUT2D eigenvalue weighted by Crippen LogP contribution is -2.19. The second-order valence-corrected chi connectivity index (χ2v) is 8.26. The molecular weight excluding hydrogens is 435 g/mol. The van der Waals surface area contributed by atoms with Crippen LogP contribution in [-0.4, -0.2) is 39.0 Å². The van der Waals surface area contributed by atoms with Gasteiger partial charge in [-0.05, 0) is 49.2 Å². The van der Waals surface area contributed by atoms with Crippen LogP contribution in [0.1, 0.15) is 12.8 Å². The maximum absolute atomic E-state index is 6.52. The highest BCUT2D eigenvalue weighted by atomic mass is 35.5. The summed E-state index contributed by atoms with van der Waals surface area (Å²) < 4.78 is 7.35. The van der Waals surface area contributed by atoms with Gasteiger partial charge < -0.3 is 15.8 Å². The number of benzene rings is 2. The minimum atomic E-state index is 0.162. The Bertz CT molecular complexity index is 1220. The topological polar surface area (TPSA) is 90.9 Å². The van der Waals surface area contributed by atoms with Crippen molar-refractivity contribution in [3.63, 3.8) is 0 Å². The molecule has 7 nitrogen and oxygen atoms in total. The van der Waals surface area contributed by atoms with Crippen LogP contribution in [0.25, 0.3) is 28.0 Å². The molecule has 3 N–H and O–H groups in total. The number of hydrogen-bond acceptors (Lipinski definition) is 6. The van der Waals surface area contributed by atoms with Crippen molar-refractivity contribution in [3.05, 3.63) is 58.6 Å². The highest BCUT2D eigenvalue weighted by molar-refractivity contribution is 6.30. The number of nitrogens with zero attached hydrogens (tertiary/aromatic N) is 4. The molecule has 0 bridgehead atoms. The summed E-state index contributed by atoms with van der Waals surface area (Å²) in [7, 11) is 0. The van der Waals surface area contributed by atoms with Crippen LogP contribution in [0.15, 0.2) is 48.5 Å². The van der Waals surface area contributed by atoms with E-state index in [0.29, 0.717) is 45.1 Å². The molecule has 0 aliphatic carbocycles. The van der Waals surface area contributed by atoms with E-state index in [2.05, 4.69) is 15.4 Å². The van der Waals surface area contributed by atoms with Crippen LogP contribution in [0.5, 0.6) is 0 Å². The molecule has 9 heteroatoms. The van der Waals surface area contributed by atoms with Gasteiger partial charge in [-0.2, -0.15) is 4.98 Å². The molecule has 0 radical (unpaired) electrons. The summed E-state index contributed by atoms with van der Waals surface area (Å²) in [5.74, 6) is 0.932. The molecule has 0 amide bonds. The lowest BCUT2D eigenvalue weighted by atomic mass is 10.1. The van der Waals surface area contributed by atoms with Crippen LogP contribution in [0.3, 0.4) is 0 Å². The normalized spacial score (nSPS) is 16.1. The number of nitrogen functional groups attached to an aromatic ring is 1. The molecule has 1 atom stereocenters. The molecule has 1 saturated heterocycles. The first kappa shape index (κ1) is 20.1. The van der Waals surface area contributed by atoms with E-state index in [4.69, 9.17) is 38.7 Å². The molecule has 4 aromatic rings. The van der Waals surface area contributed by atoms with Crippen molar-refractivity contribution in [3.8, 4) is 16.9 Å². The van der Waals surface area contributed by atoms with Gasteiger partial charge in [0.2, 0.25) is 5.95 Å². The molecule has 0 spiro atoms. The van der Waals surface area contributed by atoms with Gasteiger partial charge in [0, 0.05) is 28.8 Å².